The summed E-state index contributed by atoms with van der Waals surface area (Å²) in [7, 11) is 0. The maximum absolute atomic E-state index is 6.30. The fraction of sp³-hybridized carbons (Fsp3) is 0.444. The predicted octanol–water partition coefficient (Wildman–Crippen LogP) is 4.13. The summed E-state index contributed by atoms with van der Waals surface area (Å²) in [6.07, 6.45) is 4.61. The van der Waals surface area contributed by atoms with Crippen LogP contribution in [0.3, 0.4) is 0 Å². The Hall–Kier alpha value is -1.54. The number of fused-ring (bicyclic) bond motifs is 1. The van der Waals surface area contributed by atoms with E-state index in [0.717, 1.165) is 12.8 Å². The molecule has 1 heterocycles. The molecule has 0 amide bonds. The van der Waals surface area contributed by atoms with Crippen LogP contribution in [0, 0.1) is 6.92 Å². The molecule has 0 saturated carbocycles. The van der Waals surface area contributed by atoms with Gasteiger partial charge in [-0.15, -0.1) is 0 Å². The normalized spacial score (nSPS) is 19.6. The fourth-order valence-electron chi connectivity index (χ4n) is 3.64. The largest absolute Gasteiger partial charge is 0.341 e. The first kappa shape index (κ1) is 13.4. The summed E-state index contributed by atoms with van der Waals surface area (Å²) in [5, 5.41) is 0. The third-order valence-corrected chi connectivity index (χ3v) is 4.58. The number of hydrogen-bond donors (Lipinski definition) is 1. The number of aromatic nitrogens is 1. The molecule has 0 saturated heterocycles. The number of nitrogens with two attached hydrogens (primary N) is 1. The molecule has 2 heteroatoms. The molecule has 20 heavy (non-hydrogen) atoms. The summed E-state index contributed by atoms with van der Waals surface area (Å²) in [6.45, 7) is 4.49. The number of aryl methyl sites for hydroxylation is 1. The lowest BCUT2D eigenvalue weighted by Gasteiger charge is -2.26. The Morgan fingerprint density at radius 3 is 2.75 bits per heavy atom. The molecule has 2 nitrogen and oxygen atoms in total. The van der Waals surface area contributed by atoms with Gasteiger partial charge in [-0.25, -0.2) is 0 Å². The molecule has 1 aliphatic carbocycles. The van der Waals surface area contributed by atoms with Crippen LogP contribution < -0.4 is 5.73 Å². The Kier molecular flexibility index (Phi) is 3.66. The van der Waals surface area contributed by atoms with E-state index in [1.54, 1.807) is 0 Å². The Balaban J connectivity index is 2.09. The third kappa shape index (κ3) is 2.18. The fourth-order valence-corrected chi connectivity index (χ4v) is 3.64. The van der Waals surface area contributed by atoms with E-state index < -0.39 is 0 Å². The highest BCUT2D eigenvalue weighted by Gasteiger charge is 2.25. The van der Waals surface area contributed by atoms with Crippen molar-refractivity contribution in [3.05, 3.63) is 58.9 Å². The average molecular weight is 268 g/mol. The van der Waals surface area contributed by atoms with Gasteiger partial charge in [0.05, 0.1) is 6.04 Å². The minimum Gasteiger partial charge on any atom is -0.341 e. The number of rotatable bonds is 3. The molecule has 106 valence electrons. The van der Waals surface area contributed by atoms with Gasteiger partial charge in [-0.3, -0.25) is 0 Å². The Morgan fingerprint density at radius 1 is 1.30 bits per heavy atom. The molecule has 0 spiro atoms. The molecule has 1 aromatic heterocycles. The second-order valence-corrected chi connectivity index (χ2v) is 5.89. The zero-order valence-corrected chi connectivity index (χ0v) is 12.5. The molecule has 1 aliphatic rings. The molecule has 2 N–H and O–H groups in total. The predicted molar refractivity (Wildman–Crippen MR) is 83.9 cm³/mol. The van der Waals surface area contributed by atoms with Crippen LogP contribution in [-0.2, 0) is 6.42 Å². The van der Waals surface area contributed by atoms with Gasteiger partial charge >= 0.3 is 0 Å². The SMILES string of the molecule is CCC(c1ccccc1)n1c(C)cc2c1CCCC2N. The molecule has 2 atom stereocenters. The lowest BCUT2D eigenvalue weighted by Crippen LogP contribution is -2.20. The number of nitrogens with zero attached hydrogens (tertiary/aromatic N) is 1. The Morgan fingerprint density at radius 2 is 2.05 bits per heavy atom. The van der Waals surface area contributed by atoms with Crippen LogP contribution >= 0.6 is 0 Å². The highest BCUT2D eigenvalue weighted by Crippen LogP contribution is 2.35. The minimum atomic E-state index is 0.229. The van der Waals surface area contributed by atoms with Crippen molar-refractivity contribution in [3.8, 4) is 0 Å². The molecule has 2 unspecified atom stereocenters. The van der Waals surface area contributed by atoms with Gasteiger partial charge in [0.15, 0.2) is 0 Å². The summed E-state index contributed by atoms with van der Waals surface area (Å²) in [4.78, 5) is 0. The van der Waals surface area contributed by atoms with E-state index in [2.05, 4.69) is 54.8 Å². The molecule has 0 aliphatic heterocycles. The first-order valence-corrected chi connectivity index (χ1v) is 7.73. The number of benzene rings is 1. The quantitative estimate of drug-likeness (QED) is 0.891. The lowest BCUT2D eigenvalue weighted by atomic mass is 9.93. The van der Waals surface area contributed by atoms with E-state index in [1.807, 2.05) is 0 Å². The van der Waals surface area contributed by atoms with E-state index in [4.69, 9.17) is 5.73 Å². The summed E-state index contributed by atoms with van der Waals surface area (Å²) in [5.74, 6) is 0. The molecule has 2 aromatic rings. The smallest absolute Gasteiger partial charge is 0.0582 e. The Bertz CT molecular complexity index is 583. The van der Waals surface area contributed by atoms with Crippen molar-refractivity contribution in [2.45, 2.75) is 51.6 Å². The highest BCUT2D eigenvalue weighted by atomic mass is 15.0. The van der Waals surface area contributed by atoms with Gasteiger partial charge in [0.1, 0.15) is 0 Å². The maximum atomic E-state index is 6.30. The zero-order valence-electron chi connectivity index (χ0n) is 12.5. The molecular weight excluding hydrogens is 244 g/mol. The van der Waals surface area contributed by atoms with Crippen molar-refractivity contribution in [1.82, 2.24) is 4.57 Å². The van der Waals surface area contributed by atoms with Gasteiger partial charge in [0.25, 0.3) is 0 Å². The van der Waals surface area contributed by atoms with Crippen LogP contribution in [0.2, 0.25) is 0 Å². The van der Waals surface area contributed by atoms with Gasteiger partial charge in [0.2, 0.25) is 0 Å². The summed E-state index contributed by atoms with van der Waals surface area (Å²) in [5.41, 5.74) is 11.9. The van der Waals surface area contributed by atoms with E-state index >= 15 is 0 Å². The first-order valence-electron chi connectivity index (χ1n) is 7.73. The standard InChI is InChI=1S/C18H24N2/c1-3-17(14-8-5-4-6-9-14)20-13(2)12-15-16(19)10-7-11-18(15)20/h4-6,8-9,12,16-17H,3,7,10-11,19H2,1-2H3. The molecule has 0 bridgehead atoms. The summed E-state index contributed by atoms with van der Waals surface area (Å²) < 4.78 is 2.53. The lowest BCUT2D eigenvalue weighted by molar-refractivity contribution is 0.496. The van der Waals surface area contributed by atoms with Crippen molar-refractivity contribution >= 4 is 0 Å². The average Bonchev–Trinajstić information content (AvgIpc) is 2.80. The first-order chi connectivity index (χ1) is 9.72. The topological polar surface area (TPSA) is 30.9 Å². The second-order valence-electron chi connectivity index (χ2n) is 5.89. The number of hydrogen-bond acceptors (Lipinski definition) is 1. The van der Waals surface area contributed by atoms with Crippen molar-refractivity contribution in [2.75, 3.05) is 0 Å². The van der Waals surface area contributed by atoms with E-state index in [9.17, 15) is 0 Å². The van der Waals surface area contributed by atoms with Crippen LogP contribution in [-0.4, -0.2) is 4.57 Å². The maximum Gasteiger partial charge on any atom is 0.0582 e. The van der Waals surface area contributed by atoms with Crippen LogP contribution in [0.25, 0.3) is 0 Å². The monoisotopic (exact) mass is 268 g/mol. The minimum absolute atomic E-state index is 0.229. The molecule has 0 fully saturated rings. The van der Waals surface area contributed by atoms with E-state index in [1.165, 1.54) is 35.4 Å². The van der Waals surface area contributed by atoms with Crippen molar-refractivity contribution in [2.24, 2.45) is 5.73 Å². The van der Waals surface area contributed by atoms with Gasteiger partial charge in [-0.2, -0.15) is 0 Å². The van der Waals surface area contributed by atoms with Gasteiger partial charge in [0, 0.05) is 17.4 Å². The van der Waals surface area contributed by atoms with Crippen LogP contribution in [0.4, 0.5) is 0 Å². The van der Waals surface area contributed by atoms with Gasteiger partial charge in [-0.05, 0) is 49.8 Å². The highest BCUT2D eigenvalue weighted by molar-refractivity contribution is 5.35. The molecule has 0 radical (unpaired) electrons. The third-order valence-electron chi connectivity index (χ3n) is 4.58. The van der Waals surface area contributed by atoms with Crippen LogP contribution in [0.15, 0.2) is 36.4 Å². The van der Waals surface area contributed by atoms with Gasteiger partial charge < -0.3 is 10.3 Å². The molecule has 1 aromatic carbocycles. The van der Waals surface area contributed by atoms with Crippen LogP contribution in [0.5, 0.6) is 0 Å². The summed E-state index contributed by atoms with van der Waals surface area (Å²) in [6, 6.07) is 13.8. The van der Waals surface area contributed by atoms with Crippen molar-refractivity contribution in [3.63, 3.8) is 0 Å². The Labute approximate surface area is 121 Å². The summed E-state index contributed by atoms with van der Waals surface area (Å²) >= 11 is 0. The van der Waals surface area contributed by atoms with Crippen molar-refractivity contribution in [1.29, 1.82) is 0 Å². The van der Waals surface area contributed by atoms with E-state index in [0.29, 0.717) is 6.04 Å². The van der Waals surface area contributed by atoms with Gasteiger partial charge in [-0.1, -0.05) is 37.3 Å². The zero-order chi connectivity index (χ0) is 14.1. The second kappa shape index (κ2) is 5.45. The molecular formula is C18H24N2. The van der Waals surface area contributed by atoms with Crippen molar-refractivity contribution < 1.29 is 0 Å². The van der Waals surface area contributed by atoms with E-state index in [-0.39, 0.29) is 6.04 Å². The molecule has 3 rings (SSSR count). The van der Waals surface area contributed by atoms with Crippen LogP contribution in [0.1, 0.15) is 60.8 Å².